The molecule has 2 N–H and O–H groups in total. The van der Waals surface area contributed by atoms with Crippen molar-refractivity contribution in [2.24, 2.45) is 0 Å². The minimum Gasteiger partial charge on any atom is -0.494 e. The molecule has 13 heteroatoms. The summed E-state index contributed by atoms with van der Waals surface area (Å²) in [6, 6.07) is 9.49. The fraction of sp³-hybridized carbons (Fsp3) is 0.258. The quantitative estimate of drug-likeness (QED) is 0.211. The number of aromatic nitrogens is 5. The number of halogens is 1. The van der Waals surface area contributed by atoms with Gasteiger partial charge in [-0.05, 0) is 63.2 Å². The van der Waals surface area contributed by atoms with Gasteiger partial charge in [0.1, 0.15) is 41.5 Å². The van der Waals surface area contributed by atoms with E-state index in [-0.39, 0.29) is 34.7 Å². The van der Waals surface area contributed by atoms with Gasteiger partial charge in [-0.15, -0.1) is 0 Å². The molecule has 1 fully saturated rings. The first-order valence-corrected chi connectivity index (χ1v) is 13.8. The summed E-state index contributed by atoms with van der Waals surface area (Å²) in [6.07, 6.45) is 7.44. The van der Waals surface area contributed by atoms with Crippen LogP contribution in [0.2, 0.25) is 0 Å². The molecule has 226 valence electrons. The molecule has 0 saturated carbocycles. The molecule has 1 aliphatic heterocycles. The molecule has 1 saturated heterocycles. The van der Waals surface area contributed by atoms with Crippen LogP contribution in [0.5, 0.6) is 23.0 Å². The Morgan fingerprint density at radius 2 is 1.95 bits per heavy atom. The van der Waals surface area contributed by atoms with Crippen LogP contribution in [0, 0.1) is 6.92 Å². The van der Waals surface area contributed by atoms with Crippen molar-refractivity contribution in [1.82, 2.24) is 29.5 Å². The molecule has 1 atom stereocenters. The highest BCUT2D eigenvalue weighted by Gasteiger charge is 2.22. The monoisotopic (exact) mass is 601 g/mol. The number of ether oxygens (including phenoxy) is 3. The van der Waals surface area contributed by atoms with Crippen LogP contribution in [0.4, 0.5) is 21.6 Å². The van der Waals surface area contributed by atoms with E-state index in [9.17, 15) is 9.18 Å². The van der Waals surface area contributed by atoms with Gasteiger partial charge in [0.2, 0.25) is 0 Å². The summed E-state index contributed by atoms with van der Waals surface area (Å²) in [5.41, 5.74) is 2.12. The summed E-state index contributed by atoms with van der Waals surface area (Å²) in [4.78, 5) is 27.7. The number of amides is 1. The molecule has 5 aromatic rings. The second-order valence-corrected chi connectivity index (χ2v) is 10.3. The lowest BCUT2D eigenvalue weighted by Crippen LogP contribution is -2.24. The third-order valence-corrected chi connectivity index (χ3v) is 7.46. The first-order chi connectivity index (χ1) is 22.5. The van der Waals surface area contributed by atoms with Crippen molar-refractivity contribution in [3.05, 3.63) is 72.7 Å². The summed E-state index contributed by atoms with van der Waals surface area (Å²) >= 11 is 0. The number of carbonyl (C=O) groups excluding carboxylic acids is 1. The molecule has 2 aromatic carbocycles. The van der Waals surface area contributed by atoms with E-state index in [0.29, 0.717) is 33.6 Å². The van der Waals surface area contributed by atoms with Gasteiger partial charge in [-0.2, -0.15) is 5.10 Å². The number of hydrogen-bond acceptors (Lipinski definition) is 10. The van der Waals surface area contributed by atoms with Crippen molar-refractivity contribution in [2.75, 3.05) is 38.4 Å². The van der Waals surface area contributed by atoms with Gasteiger partial charge in [-0.25, -0.2) is 23.9 Å². The van der Waals surface area contributed by atoms with Crippen LogP contribution in [0.3, 0.4) is 0 Å². The molecule has 6 rings (SSSR count). The zero-order valence-electron chi connectivity index (χ0n) is 27.2. The number of nitrogens with zero attached hydrogens (tertiary/aromatic N) is 6. The Balaban J connectivity index is 1.33. The zero-order valence-corrected chi connectivity index (χ0v) is 24.2. The van der Waals surface area contributed by atoms with Gasteiger partial charge in [0.25, 0.3) is 5.91 Å². The summed E-state index contributed by atoms with van der Waals surface area (Å²) in [6.45, 7) is 2.62. The summed E-state index contributed by atoms with van der Waals surface area (Å²) in [5, 5.41) is 10.2. The van der Waals surface area contributed by atoms with Crippen LogP contribution in [-0.4, -0.2) is 69.2 Å². The third-order valence-electron chi connectivity index (χ3n) is 7.46. The lowest BCUT2D eigenvalue weighted by atomic mass is 10.1. The number of aryl methyl sites for hydroxylation is 1. The molecule has 1 amide bonds. The Labute approximate surface area is 256 Å². The number of nitrogens with one attached hydrogen (secondary N) is 2. The minimum atomic E-state index is -2.78. The number of pyridine rings is 1. The standard InChI is InChI=1S/C31H31FN8O4/c1-18-10-24(28(43-4)15-26(18)44-20-7-9-40-29(12-20)34-17-36-40)37-30-21-13-25(27(42-3)14-23(21)33-16-35-30)38-31(41)22(32)11-19-6-5-8-39(19)2/h7,9-17,19H,5-6,8H2,1-4H3,(H,38,41)(H,33,35,37)/b22-11-/t19-/m1/s1/i4D3. The van der Waals surface area contributed by atoms with Gasteiger partial charge in [-0.3, -0.25) is 9.69 Å². The van der Waals surface area contributed by atoms with E-state index in [1.54, 1.807) is 48.0 Å². The molecule has 3 aromatic heterocycles. The van der Waals surface area contributed by atoms with Crippen molar-refractivity contribution < 1.29 is 27.5 Å². The molecule has 0 radical (unpaired) electrons. The number of carbonyl (C=O) groups is 1. The van der Waals surface area contributed by atoms with Crippen LogP contribution in [-0.2, 0) is 4.79 Å². The molecule has 0 bridgehead atoms. The highest BCUT2D eigenvalue weighted by atomic mass is 19.1. The fourth-order valence-electron chi connectivity index (χ4n) is 5.10. The molecule has 44 heavy (non-hydrogen) atoms. The second-order valence-electron chi connectivity index (χ2n) is 10.3. The largest absolute Gasteiger partial charge is 0.494 e. The highest BCUT2D eigenvalue weighted by molar-refractivity contribution is 6.05. The van der Waals surface area contributed by atoms with E-state index in [4.69, 9.17) is 18.3 Å². The molecule has 0 aliphatic carbocycles. The molecule has 12 nitrogen and oxygen atoms in total. The van der Waals surface area contributed by atoms with Gasteiger partial charge < -0.3 is 24.8 Å². The number of benzene rings is 2. The number of anilines is 3. The van der Waals surface area contributed by atoms with E-state index in [1.807, 2.05) is 11.9 Å². The zero-order chi connectivity index (χ0) is 33.3. The van der Waals surface area contributed by atoms with Crippen LogP contribution in [0.1, 0.15) is 22.5 Å². The van der Waals surface area contributed by atoms with E-state index in [2.05, 4.69) is 30.7 Å². The molecule has 1 aliphatic rings. The molecule has 0 unspecified atom stereocenters. The maximum atomic E-state index is 14.9. The molecule has 0 spiro atoms. The SMILES string of the molecule is [2H]C([2H])([2H])Oc1cc(Oc2ccn3ncnc3c2)c(C)cc1Nc1ncnc2cc(OC)c(NC(=O)/C(F)=C/[C@H]3CCCN3C)cc12. The average molecular weight is 602 g/mol. The predicted octanol–water partition coefficient (Wildman–Crippen LogP) is 5.42. The maximum Gasteiger partial charge on any atom is 0.284 e. The number of fused-ring (bicyclic) bond motifs is 2. The van der Waals surface area contributed by atoms with Crippen molar-refractivity contribution in [3.8, 4) is 23.0 Å². The lowest BCUT2D eigenvalue weighted by molar-refractivity contribution is -0.114. The second kappa shape index (κ2) is 12.1. The first-order valence-electron chi connectivity index (χ1n) is 15.3. The minimum absolute atomic E-state index is 0.0351. The van der Waals surface area contributed by atoms with E-state index in [1.165, 1.54) is 31.9 Å². The van der Waals surface area contributed by atoms with Crippen LogP contribution in [0.25, 0.3) is 16.6 Å². The number of rotatable bonds is 9. The number of hydrogen-bond donors (Lipinski definition) is 2. The molecular formula is C31H31FN8O4. The van der Waals surface area contributed by atoms with Crippen molar-refractivity contribution >= 4 is 39.6 Å². The van der Waals surface area contributed by atoms with Crippen molar-refractivity contribution in [3.63, 3.8) is 0 Å². The fourth-order valence-corrected chi connectivity index (χ4v) is 5.10. The molecule has 4 heterocycles. The number of likely N-dealkylation sites (tertiary alicyclic amines) is 1. The lowest BCUT2D eigenvalue weighted by Gasteiger charge is -2.17. The number of methoxy groups -OCH3 is 2. The topological polar surface area (TPSA) is 128 Å². The van der Waals surface area contributed by atoms with Crippen molar-refractivity contribution in [1.29, 1.82) is 0 Å². The van der Waals surface area contributed by atoms with Crippen LogP contribution >= 0.6 is 0 Å². The van der Waals surface area contributed by atoms with Gasteiger partial charge in [0, 0.05) is 35.8 Å². The summed E-state index contributed by atoms with van der Waals surface area (Å²) < 4.78 is 56.7. The Kier molecular flexibility index (Phi) is 6.95. The van der Waals surface area contributed by atoms with Gasteiger partial charge in [-0.1, -0.05) is 0 Å². The van der Waals surface area contributed by atoms with E-state index < -0.39 is 18.8 Å². The van der Waals surface area contributed by atoms with E-state index in [0.717, 1.165) is 19.4 Å². The van der Waals surface area contributed by atoms with Gasteiger partial charge in [0.15, 0.2) is 11.5 Å². The highest BCUT2D eigenvalue weighted by Crippen LogP contribution is 2.39. The Hall–Kier alpha value is -5.30. The van der Waals surface area contributed by atoms with E-state index >= 15 is 0 Å². The predicted molar refractivity (Wildman–Crippen MR) is 164 cm³/mol. The Morgan fingerprint density at radius 1 is 1.09 bits per heavy atom. The van der Waals surface area contributed by atoms with Crippen LogP contribution in [0.15, 0.2) is 67.2 Å². The Morgan fingerprint density at radius 3 is 2.75 bits per heavy atom. The van der Waals surface area contributed by atoms with Gasteiger partial charge in [0.05, 0.1) is 35.2 Å². The normalized spacial score (nSPS) is 16.8. The maximum absolute atomic E-state index is 14.9. The third kappa shape index (κ3) is 5.81. The number of likely N-dealkylation sites (N-methyl/N-ethyl adjacent to an activating group) is 1. The Bertz CT molecular complexity index is 2000. The van der Waals surface area contributed by atoms with Crippen molar-refractivity contribution in [2.45, 2.75) is 25.8 Å². The van der Waals surface area contributed by atoms with Gasteiger partial charge >= 0.3 is 0 Å². The van der Waals surface area contributed by atoms with Crippen LogP contribution < -0.4 is 24.8 Å². The summed E-state index contributed by atoms with van der Waals surface area (Å²) in [7, 11) is 0.523. The first kappa shape index (κ1) is 25.2. The smallest absolute Gasteiger partial charge is 0.284 e. The molecular weight excluding hydrogens is 567 g/mol. The summed E-state index contributed by atoms with van der Waals surface area (Å²) in [5.74, 6) is -0.532. The average Bonchev–Trinajstić information content (AvgIpc) is 3.66.